The van der Waals surface area contributed by atoms with Crippen molar-refractivity contribution >= 4 is 17.7 Å². The Hall–Kier alpha value is -2.76. The van der Waals surface area contributed by atoms with E-state index in [1.807, 2.05) is 41.5 Å². The van der Waals surface area contributed by atoms with Crippen molar-refractivity contribution in [2.75, 3.05) is 7.11 Å². The van der Waals surface area contributed by atoms with Crippen LogP contribution in [0.1, 0.15) is 139 Å². The minimum atomic E-state index is -1.39. The van der Waals surface area contributed by atoms with E-state index >= 15 is 0 Å². The molecule has 0 aliphatic carbocycles. The van der Waals surface area contributed by atoms with Crippen LogP contribution in [0.3, 0.4) is 0 Å². The minimum Gasteiger partial charge on any atom is -0.467 e. The van der Waals surface area contributed by atoms with E-state index in [4.69, 9.17) is 28.4 Å². The highest BCUT2D eigenvalue weighted by atomic mass is 16.8. The average molecular weight is 902 g/mol. The molecule has 362 valence electrons. The fourth-order valence-electron chi connectivity index (χ4n) is 11.7. The molecule has 5 aliphatic rings. The zero-order valence-electron chi connectivity index (χ0n) is 40.2. The molecule has 5 N–H and O–H groups in total. The Balaban J connectivity index is 1.13. The molecule has 1 amide bonds. The second-order valence-corrected chi connectivity index (χ2v) is 20.4. The van der Waals surface area contributed by atoms with Crippen LogP contribution in [0, 0.1) is 41.4 Å². The van der Waals surface area contributed by atoms with Gasteiger partial charge in [0.1, 0.15) is 17.9 Å². The Kier molecular flexibility index (Phi) is 16.0. The lowest BCUT2D eigenvalue weighted by molar-refractivity contribution is -0.409. The third kappa shape index (κ3) is 9.93. The van der Waals surface area contributed by atoms with Crippen LogP contribution in [0.5, 0.6) is 0 Å². The van der Waals surface area contributed by atoms with E-state index in [-0.39, 0.29) is 48.1 Å². The Labute approximate surface area is 380 Å². The van der Waals surface area contributed by atoms with Gasteiger partial charge in [0.2, 0.25) is 11.7 Å². The van der Waals surface area contributed by atoms with Crippen molar-refractivity contribution < 1.29 is 58.1 Å². The number of aromatic amines is 1. The molecule has 1 aromatic rings. The lowest BCUT2D eigenvalue weighted by Crippen LogP contribution is -2.63. The van der Waals surface area contributed by atoms with Crippen molar-refractivity contribution in [3.63, 3.8) is 0 Å². The molecule has 2 spiro atoms. The molecule has 4 fully saturated rings. The molecule has 6 rings (SSSR count). The van der Waals surface area contributed by atoms with Crippen molar-refractivity contribution in [2.24, 2.45) is 41.4 Å². The zero-order valence-corrected chi connectivity index (χ0v) is 40.2. The summed E-state index contributed by atoms with van der Waals surface area (Å²) in [6.07, 6.45) is 8.44. The van der Waals surface area contributed by atoms with Gasteiger partial charge in [-0.2, -0.15) is 0 Å². The van der Waals surface area contributed by atoms with Gasteiger partial charge in [-0.1, -0.05) is 55.4 Å². The van der Waals surface area contributed by atoms with Crippen LogP contribution in [0.4, 0.5) is 0 Å². The van der Waals surface area contributed by atoms with E-state index in [0.717, 1.165) is 6.42 Å². The number of hydrogen-bond donors (Lipinski definition) is 5. The van der Waals surface area contributed by atoms with E-state index in [0.29, 0.717) is 63.5 Å². The van der Waals surface area contributed by atoms with Gasteiger partial charge in [-0.15, -0.1) is 0 Å². The first-order valence-corrected chi connectivity index (χ1v) is 24.3. The number of esters is 1. The summed E-state index contributed by atoms with van der Waals surface area (Å²) in [7, 11) is 1.29. The number of ketones is 1. The molecule has 0 aromatic carbocycles. The smallest absolute Gasteiger partial charge is 0.328 e. The largest absolute Gasteiger partial charge is 0.467 e. The summed E-state index contributed by atoms with van der Waals surface area (Å²) in [5, 5.41) is 37.5. The predicted octanol–water partition coefficient (Wildman–Crippen LogP) is 5.73. The molecule has 6 heterocycles. The molecule has 0 unspecified atom stereocenters. The molecule has 64 heavy (non-hydrogen) atoms. The number of aliphatic hydroxyl groups is 3. The van der Waals surface area contributed by atoms with E-state index in [9.17, 15) is 29.7 Å². The quantitative estimate of drug-likeness (QED) is 0.0995. The number of carbonyl (C=O) groups excluding carboxylic acids is 3. The predicted molar refractivity (Wildman–Crippen MR) is 237 cm³/mol. The molecular formula is C49H79N3O12. The number of rotatable bonds is 16. The lowest BCUT2D eigenvalue weighted by atomic mass is 9.72. The highest BCUT2D eigenvalue weighted by Gasteiger charge is 2.63. The van der Waals surface area contributed by atoms with Gasteiger partial charge >= 0.3 is 5.97 Å². The number of ether oxygens (including phenoxy) is 6. The number of amides is 1. The van der Waals surface area contributed by atoms with Crippen LogP contribution >= 0.6 is 0 Å². The fourth-order valence-corrected chi connectivity index (χ4v) is 11.7. The molecule has 19 atom stereocenters. The van der Waals surface area contributed by atoms with Crippen molar-refractivity contribution in [1.82, 2.24) is 15.3 Å². The van der Waals surface area contributed by atoms with E-state index < -0.39 is 89.0 Å². The van der Waals surface area contributed by atoms with Gasteiger partial charge in [0, 0.05) is 48.4 Å². The first kappa shape index (κ1) is 50.6. The summed E-state index contributed by atoms with van der Waals surface area (Å²) >= 11 is 0. The number of aliphatic hydroxyl groups excluding tert-OH is 2. The van der Waals surface area contributed by atoms with Gasteiger partial charge in [0.05, 0.1) is 67.2 Å². The van der Waals surface area contributed by atoms with Crippen LogP contribution < -0.4 is 5.32 Å². The number of carbonyl (C=O) groups is 3. The van der Waals surface area contributed by atoms with Crippen LogP contribution in [0.2, 0.25) is 0 Å². The molecule has 5 aliphatic heterocycles. The van der Waals surface area contributed by atoms with Crippen molar-refractivity contribution in [3.05, 3.63) is 30.4 Å². The SMILES string of the molecule is CC[C@@H](C(=O)[C@@H](C)[C@@H](O)[C@H](C)[C@@H]1O[C@@H]([C@@H](CC)C(=O)N[C@@H](Cc2cnc[nH]2)C(=O)OC)CC[C@@H]1C)[C@H]1O[C@]2(C=C[C@@H](O)[C@]3(CC[C@@](C)([C@H]4CC[C@](O)(CC)[C@H](C)O4)O3)O2)[C@H](C)C[C@@H]1C. The maximum atomic E-state index is 14.7. The highest BCUT2D eigenvalue weighted by Crippen LogP contribution is 2.54. The molecule has 15 heteroatoms. The molecular weight excluding hydrogens is 823 g/mol. The Bertz CT molecular complexity index is 1780. The standard InChI is InChI=1S/C49H79N3O12/c1-12-34(44(56)52-36(45(57)59-11)24-33-25-50-26-51-33)37-16-15-27(4)42(61-37)31(8)40(54)30(7)41(55)35(13-2)43-28(5)23-29(6)48(62-43)20-17-38(53)49(64-48)22-21-46(10,63-49)39-18-19-47(58,14-3)32(9)60-39/h17,20,25-32,34-40,42-43,53-54,58H,12-16,18-19,21-24H2,1-11H3,(H,50,51)(H,52,56)/t27-,28-,29+,30-,31-,32-,34+,35-,36-,37+,38+,39+,40+,42+,43-,46-,47+,48-,49-/m0/s1. The normalized spacial score (nSPS) is 40.6. The summed E-state index contributed by atoms with van der Waals surface area (Å²) in [5.41, 5.74) is -0.982. The second-order valence-electron chi connectivity index (χ2n) is 20.4. The first-order chi connectivity index (χ1) is 30.2. The van der Waals surface area contributed by atoms with Crippen molar-refractivity contribution in [3.8, 4) is 0 Å². The fraction of sp³-hybridized carbons (Fsp3) is 0.837. The number of nitrogens with one attached hydrogen (secondary N) is 2. The maximum Gasteiger partial charge on any atom is 0.328 e. The van der Waals surface area contributed by atoms with E-state index in [2.05, 4.69) is 36.1 Å². The van der Waals surface area contributed by atoms with Gasteiger partial charge < -0.3 is 54.0 Å². The number of aromatic nitrogens is 2. The number of imidazole rings is 1. The number of hydrogen-bond acceptors (Lipinski definition) is 13. The first-order valence-electron chi connectivity index (χ1n) is 24.3. The molecule has 1 aromatic heterocycles. The maximum absolute atomic E-state index is 14.7. The molecule has 0 saturated carbocycles. The average Bonchev–Trinajstić information content (AvgIpc) is 3.92. The highest BCUT2D eigenvalue weighted by molar-refractivity contribution is 5.86. The van der Waals surface area contributed by atoms with Crippen molar-refractivity contribution in [1.29, 1.82) is 0 Å². The summed E-state index contributed by atoms with van der Waals surface area (Å²) in [6, 6.07) is -0.908. The van der Waals surface area contributed by atoms with Gasteiger partial charge in [0.25, 0.3) is 0 Å². The monoisotopic (exact) mass is 902 g/mol. The van der Waals surface area contributed by atoms with E-state index in [1.165, 1.54) is 13.4 Å². The van der Waals surface area contributed by atoms with Gasteiger partial charge in [-0.3, -0.25) is 9.59 Å². The van der Waals surface area contributed by atoms with Gasteiger partial charge in [-0.25, -0.2) is 9.78 Å². The molecule has 0 radical (unpaired) electrons. The van der Waals surface area contributed by atoms with Gasteiger partial charge in [-0.05, 0) is 95.6 Å². The number of Topliss-reactive ketones (excluding diaryl/α,β-unsaturated/α-hetero) is 1. The third-order valence-electron chi connectivity index (χ3n) is 16.2. The van der Waals surface area contributed by atoms with Crippen molar-refractivity contribution in [2.45, 2.75) is 211 Å². The second kappa shape index (κ2) is 20.2. The molecule has 15 nitrogen and oxygen atoms in total. The van der Waals surface area contributed by atoms with E-state index in [1.54, 1.807) is 25.3 Å². The Morgan fingerprint density at radius 3 is 2.31 bits per heavy atom. The Morgan fingerprint density at radius 1 is 0.969 bits per heavy atom. The third-order valence-corrected chi connectivity index (χ3v) is 16.2. The summed E-state index contributed by atoms with van der Waals surface area (Å²) < 4.78 is 39.0. The zero-order chi connectivity index (χ0) is 46.9. The Morgan fingerprint density at radius 2 is 1.69 bits per heavy atom. The lowest BCUT2D eigenvalue weighted by Gasteiger charge is -2.54. The summed E-state index contributed by atoms with van der Waals surface area (Å²) in [5.74, 6) is -6.04. The van der Waals surface area contributed by atoms with Crippen LogP contribution in [-0.4, -0.2) is 122 Å². The summed E-state index contributed by atoms with van der Waals surface area (Å²) in [4.78, 5) is 48.2. The number of H-pyrrole nitrogens is 1. The van der Waals surface area contributed by atoms with Crippen LogP contribution in [0.25, 0.3) is 0 Å². The molecule has 0 bridgehead atoms. The minimum absolute atomic E-state index is 0.0156. The van der Waals surface area contributed by atoms with Crippen LogP contribution in [0.15, 0.2) is 24.7 Å². The molecule has 4 saturated heterocycles. The van der Waals surface area contributed by atoms with Gasteiger partial charge in [0.15, 0.2) is 5.79 Å². The number of methoxy groups -OCH3 is 1. The topological polar surface area (TPSA) is 208 Å². The van der Waals surface area contributed by atoms with Crippen LogP contribution in [-0.2, 0) is 49.2 Å². The number of nitrogens with zero attached hydrogens (tertiary/aromatic N) is 1. The summed E-state index contributed by atoms with van der Waals surface area (Å²) in [6.45, 7) is 19.7.